The molecule has 0 aliphatic rings. The van der Waals surface area contributed by atoms with Crippen LogP contribution in [0.5, 0.6) is 0 Å². The van der Waals surface area contributed by atoms with E-state index in [9.17, 15) is 40.5 Å². The molecule has 0 radical (unpaired) electrons. The van der Waals surface area contributed by atoms with Crippen molar-refractivity contribution < 1.29 is 31.0 Å². The Hall–Kier alpha value is -1.71. The van der Waals surface area contributed by atoms with Crippen LogP contribution < -0.4 is 0 Å². The van der Waals surface area contributed by atoms with Gasteiger partial charge in [0.15, 0.2) is 0 Å². The fraction of sp³-hybridized carbons (Fsp3) is 0. The van der Waals surface area contributed by atoms with Crippen molar-refractivity contribution in [1.82, 2.24) is 0 Å². The average Bonchev–Trinajstić information content (AvgIpc) is 1.82. The number of nitro groups is 4. The number of nitrogens with zero attached hydrogens (tertiary/aromatic N) is 4. The van der Waals surface area contributed by atoms with E-state index in [0.29, 0.717) is 0 Å². The fourth-order valence-electron chi connectivity index (χ4n) is 0.253. The first kappa shape index (κ1) is 11.3. The zero-order chi connectivity index (χ0) is 10.8. The van der Waals surface area contributed by atoms with Crippen LogP contribution in [0.15, 0.2) is 0 Å². The van der Waals surface area contributed by atoms with Crippen LogP contribution >= 0.6 is 0 Å². The monoisotopic (exact) mass is 379 g/mol. The van der Waals surface area contributed by atoms with Gasteiger partial charge in [0.25, 0.3) is 0 Å². The van der Waals surface area contributed by atoms with Crippen molar-refractivity contribution in [3.63, 3.8) is 0 Å². The van der Waals surface area contributed by atoms with E-state index in [1.807, 2.05) is 0 Å². The van der Waals surface area contributed by atoms with Crippen molar-refractivity contribution in [1.29, 1.82) is 0 Å². The van der Waals surface area contributed by atoms with E-state index >= 15 is 0 Å². The fourth-order valence-corrected chi connectivity index (χ4v) is 2.07. The molecular formula is N4O8Pt-2. The molecule has 0 aromatic heterocycles. The van der Waals surface area contributed by atoms with Gasteiger partial charge in [-0.2, -0.15) is 0 Å². The van der Waals surface area contributed by atoms with Crippen molar-refractivity contribution in [2.75, 3.05) is 0 Å². The molecule has 0 aliphatic carbocycles. The average molecular weight is 379 g/mol. The van der Waals surface area contributed by atoms with Crippen LogP contribution in [0.25, 0.3) is 0 Å². The molecule has 0 heterocycles. The first-order valence-corrected chi connectivity index (χ1v) is 6.09. The third-order valence-corrected chi connectivity index (χ3v) is 5.07. The molecule has 0 saturated carbocycles. The van der Waals surface area contributed by atoms with Crippen molar-refractivity contribution >= 4 is 0 Å². The Labute approximate surface area is 72.1 Å². The molecule has 12 nitrogen and oxygen atoms in total. The Morgan fingerprint density at radius 2 is 0.769 bits per heavy atom. The number of hydrogen-bond donors (Lipinski definition) is 0. The molecule has 0 aliphatic heterocycles. The zero-order valence-corrected chi connectivity index (χ0v) is 7.64. The summed E-state index contributed by atoms with van der Waals surface area (Å²) >= 11 is -6.70. The van der Waals surface area contributed by atoms with E-state index in [2.05, 4.69) is 0 Å². The zero-order valence-electron chi connectivity index (χ0n) is 5.37. The van der Waals surface area contributed by atoms with Gasteiger partial charge in [0, 0.05) is 0 Å². The SMILES string of the molecule is O=[N+]([O-])[Pt-2]([N+](=O)[O-])([N+](=O)[O-])[N+](=O)[O-]. The molecule has 0 N–H and O–H groups in total. The molecule has 0 unspecified atom stereocenters. The predicted molar refractivity (Wildman–Crippen MR) is 28.0 cm³/mol. The van der Waals surface area contributed by atoms with E-state index in [1.54, 1.807) is 0 Å². The second-order valence-corrected chi connectivity index (χ2v) is 7.18. The van der Waals surface area contributed by atoms with Crippen molar-refractivity contribution in [2.45, 2.75) is 0 Å². The summed E-state index contributed by atoms with van der Waals surface area (Å²) in [5, 5.41) is 39.6. The molecule has 0 bridgehead atoms. The van der Waals surface area contributed by atoms with Gasteiger partial charge >= 0.3 is 71.4 Å². The van der Waals surface area contributed by atoms with Gasteiger partial charge in [-0.15, -0.1) is 0 Å². The second kappa shape index (κ2) is 3.35. The molecule has 0 aromatic rings. The first-order valence-electron chi connectivity index (χ1n) is 2.03. The van der Waals surface area contributed by atoms with Gasteiger partial charge < -0.3 is 0 Å². The maximum absolute atomic E-state index is 9.91. The van der Waals surface area contributed by atoms with Crippen molar-refractivity contribution in [2.24, 2.45) is 0 Å². The van der Waals surface area contributed by atoms with Crippen LogP contribution in [0.2, 0.25) is 0 Å². The summed E-state index contributed by atoms with van der Waals surface area (Å²) in [4.78, 5) is 39.6. The molecule has 0 spiro atoms. The van der Waals surface area contributed by atoms with Gasteiger partial charge in [0.1, 0.15) is 0 Å². The minimum absolute atomic E-state index is 2.01. The maximum atomic E-state index is 9.91. The summed E-state index contributed by atoms with van der Waals surface area (Å²) in [5.41, 5.74) is 0. The standard InChI is InChI=1S/4NO2.Pt/c4*2-1-3;/q;;;;-2. The normalized spacial score (nSPS) is 11.7. The van der Waals surface area contributed by atoms with Crippen LogP contribution in [-0.4, -0.2) is 13.9 Å². The van der Waals surface area contributed by atoms with Crippen LogP contribution in [0.3, 0.4) is 0 Å². The molecule has 0 saturated heterocycles. The summed E-state index contributed by atoms with van der Waals surface area (Å²) in [5.74, 6) is 0. The summed E-state index contributed by atoms with van der Waals surface area (Å²) in [6.45, 7) is 0. The second-order valence-electron chi connectivity index (χ2n) is 1.14. The Bertz CT molecular complexity index is 231. The molecule has 0 fully saturated rings. The molecule has 0 aromatic carbocycles. The van der Waals surface area contributed by atoms with E-state index in [4.69, 9.17) is 0 Å². The van der Waals surface area contributed by atoms with E-state index < -0.39 is 31.0 Å². The Morgan fingerprint density at radius 3 is 0.769 bits per heavy atom. The molecule has 13 heteroatoms. The first-order chi connectivity index (χ1) is 5.77. The predicted octanol–water partition coefficient (Wildman–Crippen LogP) is -1.09. The van der Waals surface area contributed by atoms with Gasteiger partial charge in [-0.3, -0.25) is 0 Å². The van der Waals surface area contributed by atoms with Crippen molar-refractivity contribution in [3.05, 3.63) is 40.5 Å². The van der Waals surface area contributed by atoms with Gasteiger partial charge in [0.05, 0.1) is 0 Å². The Morgan fingerprint density at radius 1 is 0.615 bits per heavy atom. The topological polar surface area (TPSA) is 173 Å². The number of rotatable bonds is 4. The molecule has 0 amide bonds. The summed E-state index contributed by atoms with van der Waals surface area (Å²) < 4.78 is -8.03. The van der Waals surface area contributed by atoms with Gasteiger partial charge in [-0.1, -0.05) is 0 Å². The quantitative estimate of drug-likeness (QED) is 0.437. The Kier molecular flexibility index (Phi) is 2.91. The molecule has 0 atom stereocenters. The van der Waals surface area contributed by atoms with Gasteiger partial charge in [-0.05, 0) is 0 Å². The van der Waals surface area contributed by atoms with Crippen LogP contribution in [0.1, 0.15) is 0 Å². The van der Waals surface area contributed by atoms with Crippen LogP contribution in [0.4, 0.5) is 0 Å². The molecular weight excluding hydrogens is 379 g/mol. The molecule has 80 valence electrons. The Balaban J connectivity index is 5.60. The summed E-state index contributed by atoms with van der Waals surface area (Å²) in [7, 11) is 0. The summed E-state index contributed by atoms with van der Waals surface area (Å²) in [6.07, 6.45) is 0. The third-order valence-electron chi connectivity index (χ3n) is 0.620. The van der Waals surface area contributed by atoms with Gasteiger partial charge in [0.2, 0.25) is 0 Å². The third kappa shape index (κ3) is 1.42. The van der Waals surface area contributed by atoms with Crippen LogP contribution in [-0.2, 0) is 17.1 Å². The molecule has 13 heavy (non-hydrogen) atoms. The van der Waals surface area contributed by atoms with E-state index in [1.165, 1.54) is 0 Å². The van der Waals surface area contributed by atoms with Crippen LogP contribution in [0, 0.1) is 40.5 Å². The summed E-state index contributed by atoms with van der Waals surface area (Å²) in [6, 6.07) is 0. The van der Waals surface area contributed by atoms with Gasteiger partial charge in [-0.25, -0.2) is 0 Å². The number of hydrogen-bond acceptors (Lipinski definition) is 8. The minimum atomic E-state index is -6.70. The van der Waals surface area contributed by atoms with Crippen molar-refractivity contribution in [3.8, 4) is 0 Å². The molecule has 0 rings (SSSR count). The van der Waals surface area contributed by atoms with E-state index in [0.717, 1.165) is 0 Å². The van der Waals surface area contributed by atoms with E-state index in [-0.39, 0.29) is 0 Å².